The fourth-order valence-electron chi connectivity index (χ4n) is 2.18. The maximum atomic E-state index is 13.5. The highest BCUT2D eigenvalue weighted by molar-refractivity contribution is 5.82. The summed E-state index contributed by atoms with van der Waals surface area (Å²) in [6.07, 6.45) is -1.63. The molecular formula is C16H21F3O3. The molecule has 22 heavy (non-hydrogen) atoms. The summed E-state index contributed by atoms with van der Waals surface area (Å²) >= 11 is 0. The Morgan fingerprint density at radius 1 is 1.09 bits per heavy atom. The molecule has 0 aliphatic carbocycles. The molecule has 0 bridgehead atoms. The number of hydrogen-bond acceptors (Lipinski definition) is 3. The number of methoxy groups -OCH3 is 1. The van der Waals surface area contributed by atoms with Crippen LogP contribution in [0.4, 0.5) is 13.2 Å². The van der Waals surface area contributed by atoms with Crippen molar-refractivity contribution in [1.29, 1.82) is 0 Å². The van der Waals surface area contributed by atoms with Gasteiger partial charge in [-0.05, 0) is 6.42 Å². The zero-order chi connectivity index (χ0) is 16.6. The van der Waals surface area contributed by atoms with Crippen LogP contribution in [0.15, 0.2) is 30.3 Å². The molecule has 0 aliphatic rings. The van der Waals surface area contributed by atoms with E-state index >= 15 is 0 Å². The minimum absolute atomic E-state index is 0.0488. The minimum atomic E-state index is -4.91. The molecule has 1 unspecified atom stereocenters. The molecule has 124 valence electrons. The molecule has 1 rings (SSSR count). The summed E-state index contributed by atoms with van der Waals surface area (Å²) in [5, 5.41) is 0. The Balaban J connectivity index is 2.94. The monoisotopic (exact) mass is 318 g/mol. The first-order valence-corrected chi connectivity index (χ1v) is 7.24. The number of unbranched alkanes of at least 4 members (excludes halogenated alkanes) is 3. The molecule has 0 aromatic heterocycles. The van der Waals surface area contributed by atoms with Crippen molar-refractivity contribution < 1.29 is 27.4 Å². The maximum absolute atomic E-state index is 13.5. The third-order valence-corrected chi connectivity index (χ3v) is 3.40. The van der Waals surface area contributed by atoms with Crippen LogP contribution in [0, 0.1) is 0 Å². The van der Waals surface area contributed by atoms with E-state index in [0.717, 1.165) is 26.4 Å². The molecule has 0 spiro atoms. The van der Waals surface area contributed by atoms with Gasteiger partial charge in [-0.25, -0.2) is 4.79 Å². The Bertz CT molecular complexity index is 459. The van der Waals surface area contributed by atoms with Crippen molar-refractivity contribution in [2.45, 2.75) is 44.4 Å². The van der Waals surface area contributed by atoms with Gasteiger partial charge in [0.2, 0.25) is 0 Å². The number of carbonyl (C=O) groups is 1. The smallest absolute Gasteiger partial charge is 0.432 e. The van der Waals surface area contributed by atoms with Gasteiger partial charge in [0.1, 0.15) is 0 Å². The number of rotatable bonds is 8. The molecule has 6 heteroatoms. The minimum Gasteiger partial charge on any atom is -0.463 e. The topological polar surface area (TPSA) is 35.5 Å². The van der Waals surface area contributed by atoms with Gasteiger partial charge >= 0.3 is 12.1 Å². The third-order valence-electron chi connectivity index (χ3n) is 3.40. The quantitative estimate of drug-likeness (QED) is 0.532. The Hall–Kier alpha value is -1.56. The lowest BCUT2D eigenvalue weighted by atomic mass is 9.93. The first-order valence-electron chi connectivity index (χ1n) is 7.24. The van der Waals surface area contributed by atoms with Crippen molar-refractivity contribution in [2.24, 2.45) is 0 Å². The van der Waals surface area contributed by atoms with Crippen LogP contribution in [0.2, 0.25) is 0 Å². The van der Waals surface area contributed by atoms with Crippen LogP contribution in [-0.4, -0.2) is 25.9 Å². The molecule has 0 fully saturated rings. The van der Waals surface area contributed by atoms with Crippen LogP contribution in [0.25, 0.3) is 0 Å². The highest BCUT2D eigenvalue weighted by Gasteiger charge is 2.64. The average molecular weight is 318 g/mol. The molecule has 1 atom stereocenters. The highest BCUT2D eigenvalue weighted by atomic mass is 19.4. The van der Waals surface area contributed by atoms with E-state index in [1.807, 2.05) is 6.92 Å². The maximum Gasteiger partial charge on any atom is 0.432 e. The van der Waals surface area contributed by atoms with Gasteiger partial charge in [-0.1, -0.05) is 56.5 Å². The predicted molar refractivity (Wildman–Crippen MR) is 76.3 cm³/mol. The summed E-state index contributed by atoms with van der Waals surface area (Å²) in [4.78, 5) is 12.1. The van der Waals surface area contributed by atoms with Gasteiger partial charge < -0.3 is 9.47 Å². The zero-order valence-electron chi connectivity index (χ0n) is 12.8. The van der Waals surface area contributed by atoms with Crippen molar-refractivity contribution in [1.82, 2.24) is 0 Å². The molecular weight excluding hydrogens is 297 g/mol. The van der Waals surface area contributed by atoms with Gasteiger partial charge in [-0.2, -0.15) is 13.2 Å². The lowest BCUT2D eigenvalue weighted by Gasteiger charge is -2.32. The SMILES string of the molecule is CCCCCCOC(=O)C(OC)(c1ccccc1)C(F)(F)F. The number of ether oxygens (including phenoxy) is 2. The van der Waals surface area contributed by atoms with E-state index in [4.69, 9.17) is 4.74 Å². The van der Waals surface area contributed by atoms with Crippen LogP contribution in [-0.2, 0) is 19.9 Å². The second kappa shape index (κ2) is 8.17. The Kier molecular flexibility index (Phi) is 6.87. The van der Waals surface area contributed by atoms with Crippen molar-refractivity contribution in [3.05, 3.63) is 35.9 Å². The van der Waals surface area contributed by atoms with E-state index in [1.54, 1.807) is 6.07 Å². The number of esters is 1. The number of alkyl halides is 3. The summed E-state index contributed by atoms with van der Waals surface area (Å²) in [5.41, 5.74) is -3.37. The zero-order valence-corrected chi connectivity index (χ0v) is 12.8. The van der Waals surface area contributed by atoms with E-state index in [0.29, 0.717) is 6.42 Å². The second-order valence-corrected chi connectivity index (χ2v) is 4.95. The predicted octanol–water partition coefficient (Wildman–Crippen LogP) is 4.21. The van der Waals surface area contributed by atoms with Gasteiger partial charge in [0.05, 0.1) is 6.61 Å². The Morgan fingerprint density at radius 2 is 1.73 bits per heavy atom. The highest BCUT2D eigenvalue weighted by Crippen LogP contribution is 2.42. The fourth-order valence-corrected chi connectivity index (χ4v) is 2.18. The lowest BCUT2D eigenvalue weighted by molar-refractivity contribution is -0.276. The van der Waals surface area contributed by atoms with Crippen molar-refractivity contribution in [2.75, 3.05) is 13.7 Å². The standard InChI is InChI=1S/C16H21F3O3/c1-3-4-5-9-12-22-14(20)15(21-2,16(17,18)19)13-10-7-6-8-11-13/h6-8,10-11H,3-5,9,12H2,1-2H3. The summed E-state index contributed by atoms with van der Waals surface area (Å²) in [5.74, 6) is -1.43. The lowest BCUT2D eigenvalue weighted by Crippen LogP contribution is -2.51. The average Bonchev–Trinajstić information content (AvgIpc) is 2.48. The third kappa shape index (κ3) is 4.00. The first kappa shape index (κ1) is 18.5. The Morgan fingerprint density at radius 3 is 2.23 bits per heavy atom. The first-order chi connectivity index (χ1) is 10.4. The van der Waals surface area contributed by atoms with Crippen molar-refractivity contribution in [3.63, 3.8) is 0 Å². The van der Waals surface area contributed by atoms with E-state index in [1.165, 1.54) is 24.3 Å². The van der Waals surface area contributed by atoms with Gasteiger partial charge in [0.25, 0.3) is 5.60 Å². The van der Waals surface area contributed by atoms with Gasteiger partial charge in [0.15, 0.2) is 0 Å². The fraction of sp³-hybridized carbons (Fsp3) is 0.562. The molecule has 0 radical (unpaired) electrons. The molecule has 0 heterocycles. The summed E-state index contributed by atoms with van der Waals surface area (Å²) in [7, 11) is 0.860. The van der Waals surface area contributed by atoms with E-state index in [2.05, 4.69) is 4.74 Å². The van der Waals surface area contributed by atoms with Crippen molar-refractivity contribution >= 4 is 5.97 Å². The van der Waals surface area contributed by atoms with Gasteiger partial charge in [0, 0.05) is 12.7 Å². The number of halogens is 3. The molecule has 1 aromatic carbocycles. The van der Waals surface area contributed by atoms with E-state index < -0.39 is 17.7 Å². The largest absolute Gasteiger partial charge is 0.463 e. The number of carbonyl (C=O) groups excluding carboxylic acids is 1. The van der Waals surface area contributed by atoms with Gasteiger partial charge in [-0.3, -0.25) is 0 Å². The van der Waals surface area contributed by atoms with Crippen LogP contribution in [0.1, 0.15) is 38.2 Å². The van der Waals surface area contributed by atoms with Crippen molar-refractivity contribution in [3.8, 4) is 0 Å². The number of hydrogen-bond donors (Lipinski definition) is 0. The molecule has 3 nitrogen and oxygen atoms in total. The Labute approximate surface area is 128 Å². The molecule has 0 N–H and O–H groups in total. The molecule has 0 saturated heterocycles. The summed E-state index contributed by atoms with van der Waals surface area (Å²) in [6, 6.07) is 6.81. The number of benzene rings is 1. The van der Waals surface area contributed by atoms with E-state index in [9.17, 15) is 18.0 Å². The van der Waals surface area contributed by atoms with Crippen LogP contribution in [0.3, 0.4) is 0 Å². The van der Waals surface area contributed by atoms with Gasteiger partial charge in [-0.15, -0.1) is 0 Å². The molecule has 1 aromatic rings. The molecule has 0 aliphatic heterocycles. The van der Waals surface area contributed by atoms with E-state index in [-0.39, 0.29) is 12.2 Å². The summed E-state index contributed by atoms with van der Waals surface area (Å²) in [6.45, 7) is 1.97. The van der Waals surface area contributed by atoms with Crippen LogP contribution in [0.5, 0.6) is 0 Å². The normalized spacial score (nSPS) is 14.4. The van der Waals surface area contributed by atoms with Crippen LogP contribution < -0.4 is 0 Å². The summed E-state index contributed by atoms with van der Waals surface area (Å²) < 4.78 is 50.0. The molecule has 0 amide bonds. The molecule has 0 saturated carbocycles. The van der Waals surface area contributed by atoms with Crippen LogP contribution >= 0.6 is 0 Å². The second-order valence-electron chi connectivity index (χ2n) is 4.95.